The highest BCUT2D eigenvalue weighted by atomic mass is 16.6. The first-order valence-corrected chi connectivity index (χ1v) is 6.73. The molecule has 0 saturated carbocycles. The van der Waals surface area contributed by atoms with Crippen molar-refractivity contribution in [1.82, 2.24) is 5.48 Å². The van der Waals surface area contributed by atoms with Crippen LogP contribution in [0.4, 0.5) is 0 Å². The van der Waals surface area contributed by atoms with E-state index in [1.54, 1.807) is 0 Å². The van der Waals surface area contributed by atoms with Gasteiger partial charge in [0.2, 0.25) is 5.91 Å². The van der Waals surface area contributed by atoms with Crippen LogP contribution in [0, 0.1) is 0 Å². The number of rotatable bonds is 5. The van der Waals surface area contributed by atoms with Crippen molar-refractivity contribution < 1.29 is 9.63 Å². The lowest BCUT2D eigenvalue weighted by Gasteiger charge is -2.25. The van der Waals surface area contributed by atoms with Crippen molar-refractivity contribution in [3.05, 3.63) is 35.4 Å². The zero-order valence-electron chi connectivity index (χ0n) is 10.9. The second-order valence-corrected chi connectivity index (χ2v) is 4.94. The summed E-state index contributed by atoms with van der Waals surface area (Å²) < 4.78 is 0. The van der Waals surface area contributed by atoms with Crippen LogP contribution in [0.5, 0.6) is 0 Å². The van der Waals surface area contributed by atoms with Crippen molar-refractivity contribution in [2.75, 3.05) is 6.61 Å². The van der Waals surface area contributed by atoms with E-state index >= 15 is 0 Å². The minimum Gasteiger partial charge on any atom is -0.274 e. The number of benzene rings is 1. The van der Waals surface area contributed by atoms with Crippen LogP contribution in [0.3, 0.4) is 0 Å². The fraction of sp³-hybridized carbons (Fsp3) is 0.533. The van der Waals surface area contributed by atoms with Gasteiger partial charge in [0.05, 0.1) is 6.61 Å². The molecule has 98 valence electrons. The molecule has 0 aliphatic heterocycles. The monoisotopic (exact) mass is 247 g/mol. The molecule has 2 rings (SSSR count). The number of nitrogens with one attached hydrogen (secondary N) is 1. The van der Waals surface area contributed by atoms with Crippen LogP contribution in [-0.2, 0) is 16.1 Å². The minimum atomic E-state index is -0.141. The standard InChI is InChI=1S/C15H21NO2/c1-12(17)16-18-11-5-9-14-8-4-7-13-6-2-3-10-15(13)14/h2-3,6,10,14H,4-5,7-9,11H2,1H3,(H,16,17). The number of carbonyl (C=O) groups is 1. The Balaban J connectivity index is 1.79. The normalized spacial score (nSPS) is 18.2. The number of carbonyl (C=O) groups excluding carboxylic acids is 1. The van der Waals surface area contributed by atoms with E-state index in [1.165, 1.54) is 37.3 Å². The molecule has 3 nitrogen and oxygen atoms in total. The van der Waals surface area contributed by atoms with Crippen molar-refractivity contribution in [2.24, 2.45) is 0 Å². The first-order valence-electron chi connectivity index (χ1n) is 6.73. The molecule has 1 N–H and O–H groups in total. The fourth-order valence-corrected chi connectivity index (χ4v) is 2.71. The first kappa shape index (κ1) is 13.1. The zero-order chi connectivity index (χ0) is 12.8. The number of hydroxylamine groups is 1. The van der Waals surface area contributed by atoms with Gasteiger partial charge in [0, 0.05) is 6.92 Å². The topological polar surface area (TPSA) is 38.3 Å². The van der Waals surface area contributed by atoms with Gasteiger partial charge in [-0.15, -0.1) is 0 Å². The van der Waals surface area contributed by atoms with Gasteiger partial charge < -0.3 is 0 Å². The Kier molecular flexibility index (Phi) is 4.76. The molecule has 1 aliphatic rings. The van der Waals surface area contributed by atoms with Gasteiger partial charge in [0.1, 0.15) is 0 Å². The molecule has 1 aliphatic carbocycles. The molecule has 1 aromatic carbocycles. The Bertz CT molecular complexity index is 403. The summed E-state index contributed by atoms with van der Waals surface area (Å²) >= 11 is 0. The Morgan fingerprint density at radius 3 is 3.11 bits per heavy atom. The van der Waals surface area contributed by atoms with Crippen LogP contribution in [-0.4, -0.2) is 12.5 Å². The van der Waals surface area contributed by atoms with Crippen molar-refractivity contribution in [3.8, 4) is 0 Å². The summed E-state index contributed by atoms with van der Waals surface area (Å²) in [6.45, 7) is 2.05. The third-order valence-corrected chi connectivity index (χ3v) is 3.51. The fourth-order valence-electron chi connectivity index (χ4n) is 2.71. The van der Waals surface area contributed by atoms with Gasteiger partial charge in [-0.2, -0.15) is 0 Å². The molecule has 0 fully saturated rings. The van der Waals surface area contributed by atoms with E-state index in [0.717, 1.165) is 12.8 Å². The van der Waals surface area contributed by atoms with Crippen LogP contribution in [0.25, 0.3) is 0 Å². The zero-order valence-corrected chi connectivity index (χ0v) is 10.9. The van der Waals surface area contributed by atoms with E-state index in [4.69, 9.17) is 4.84 Å². The molecular weight excluding hydrogens is 226 g/mol. The second-order valence-electron chi connectivity index (χ2n) is 4.94. The first-order chi connectivity index (χ1) is 8.77. The van der Waals surface area contributed by atoms with Gasteiger partial charge in [-0.1, -0.05) is 24.3 Å². The molecule has 0 aromatic heterocycles. The average Bonchev–Trinajstić information content (AvgIpc) is 2.38. The van der Waals surface area contributed by atoms with E-state index in [0.29, 0.717) is 12.5 Å². The number of hydrogen-bond acceptors (Lipinski definition) is 2. The van der Waals surface area contributed by atoms with Crippen LogP contribution in [0.15, 0.2) is 24.3 Å². The van der Waals surface area contributed by atoms with Gasteiger partial charge in [0.25, 0.3) is 0 Å². The van der Waals surface area contributed by atoms with Crippen molar-refractivity contribution in [3.63, 3.8) is 0 Å². The van der Waals surface area contributed by atoms with Crippen LogP contribution in [0.1, 0.15) is 49.7 Å². The summed E-state index contributed by atoms with van der Waals surface area (Å²) in [6, 6.07) is 8.76. The van der Waals surface area contributed by atoms with Crippen LogP contribution < -0.4 is 5.48 Å². The van der Waals surface area contributed by atoms with Crippen LogP contribution >= 0.6 is 0 Å². The molecule has 1 amide bonds. The van der Waals surface area contributed by atoms with Crippen LogP contribution in [0.2, 0.25) is 0 Å². The number of aryl methyl sites for hydroxylation is 1. The predicted molar refractivity (Wildman–Crippen MR) is 71.1 cm³/mol. The Morgan fingerprint density at radius 1 is 1.44 bits per heavy atom. The maximum atomic E-state index is 10.6. The lowest BCUT2D eigenvalue weighted by atomic mass is 9.80. The molecule has 1 aromatic rings. The molecular formula is C15H21NO2. The summed E-state index contributed by atoms with van der Waals surface area (Å²) in [5.41, 5.74) is 5.39. The van der Waals surface area contributed by atoms with Gasteiger partial charge >= 0.3 is 0 Å². The molecule has 18 heavy (non-hydrogen) atoms. The highest BCUT2D eigenvalue weighted by molar-refractivity contribution is 5.71. The highest BCUT2D eigenvalue weighted by Crippen LogP contribution is 2.34. The van der Waals surface area contributed by atoms with E-state index in [1.807, 2.05) is 0 Å². The molecule has 1 unspecified atom stereocenters. The van der Waals surface area contributed by atoms with Gasteiger partial charge in [-0.25, -0.2) is 5.48 Å². The van der Waals surface area contributed by atoms with Crippen molar-refractivity contribution >= 4 is 5.91 Å². The smallest absolute Gasteiger partial charge is 0.240 e. The summed E-state index contributed by atoms with van der Waals surface area (Å²) in [4.78, 5) is 15.7. The predicted octanol–water partition coefficient (Wildman–Crippen LogP) is 2.95. The Labute approximate surface area is 108 Å². The minimum absolute atomic E-state index is 0.141. The quantitative estimate of drug-likeness (QED) is 0.641. The van der Waals surface area contributed by atoms with Gasteiger partial charge in [-0.3, -0.25) is 9.63 Å². The average molecular weight is 247 g/mol. The molecule has 0 bridgehead atoms. The molecule has 3 heteroatoms. The van der Waals surface area contributed by atoms with Gasteiger partial charge in [-0.05, 0) is 49.1 Å². The summed E-state index contributed by atoms with van der Waals surface area (Å²) in [5, 5.41) is 0. The lowest BCUT2D eigenvalue weighted by molar-refractivity contribution is -0.131. The number of hydrogen-bond donors (Lipinski definition) is 1. The molecule has 0 spiro atoms. The SMILES string of the molecule is CC(=O)NOCCCC1CCCc2ccccc21. The molecule has 1 atom stereocenters. The Morgan fingerprint density at radius 2 is 2.28 bits per heavy atom. The number of amides is 1. The number of fused-ring (bicyclic) bond motifs is 1. The van der Waals surface area contributed by atoms with Crippen molar-refractivity contribution in [1.29, 1.82) is 0 Å². The summed E-state index contributed by atoms with van der Waals surface area (Å²) in [7, 11) is 0. The van der Waals surface area contributed by atoms with E-state index in [-0.39, 0.29) is 5.91 Å². The van der Waals surface area contributed by atoms with Gasteiger partial charge in [0.15, 0.2) is 0 Å². The van der Waals surface area contributed by atoms with E-state index < -0.39 is 0 Å². The summed E-state index contributed by atoms with van der Waals surface area (Å²) in [6.07, 6.45) is 5.90. The maximum absolute atomic E-state index is 10.6. The maximum Gasteiger partial charge on any atom is 0.240 e. The second kappa shape index (κ2) is 6.55. The molecule has 0 radical (unpaired) electrons. The third-order valence-electron chi connectivity index (χ3n) is 3.51. The largest absolute Gasteiger partial charge is 0.274 e. The van der Waals surface area contributed by atoms with Crippen molar-refractivity contribution in [2.45, 2.75) is 44.9 Å². The molecule has 0 saturated heterocycles. The molecule has 0 heterocycles. The van der Waals surface area contributed by atoms with E-state index in [9.17, 15) is 4.79 Å². The third kappa shape index (κ3) is 3.57. The highest BCUT2D eigenvalue weighted by Gasteiger charge is 2.18. The summed E-state index contributed by atoms with van der Waals surface area (Å²) in [5.74, 6) is 0.522. The Hall–Kier alpha value is -1.35. The lowest BCUT2D eigenvalue weighted by Crippen LogP contribution is -2.21. The van der Waals surface area contributed by atoms with E-state index in [2.05, 4.69) is 29.7 Å².